The molecular formula is C12H20N2O. The van der Waals surface area contributed by atoms with Gasteiger partial charge < -0.3 is 4.90 Å². The molecule has 2 saturated heterocycles. The van der Waals surface area contributed by atoms with Gasteiger partial charge in [0.05, 0.1) is 0 Å². The van der Waals surface area contributed by atoms with Gasteiger partial charge >= 0.3 is 0 Å². The lowest BCUT2D eigenvalue weighted by molar-refractivity contribution is 0.123. The standard InChI is InChI=1S/C12H20N2O/c1-13-8-5-11(9-12(13)10-15)14-6-3-2-4-7-14/h11H,2-9H2,1H3. The minimum Gasteiger partial charge on any atom is -0.369 e. The lowest BCUT2D eigenvalue weighted by atomic mass is 9.98. The Hall–Kier alpha value is -0.790. The van der Waals surface area contributed by atoms with Gasteiger partial charge in [0.25, 0.3) is 0 Å². The summed E-state index contributed by atoms with van der Waals surface area (Å²) >= 11 is 0. The van der Waals surface area contributed by atoms with E-state index >= 15 is 0 Å². The third kappa shape index (κ3) is 2.42. The number of hydrogen-bond acceptors (Lipinski definition) is 3. The molecule has 1 unspecified atom stereocenters. The Morgan fingerprint density at radius 1 is 1.20 bits per heavy atom. The number of nitrogens with zero attached hydrogens (tertiary/aromatic N) is 2. The highest BCUT2D eigenvalue weighted by molar-refractivity contribution is 5.52. The van der Waals surface area contributed by atoms with Crippen molar-refractivity contribution in [3.8, 4) is 0 Å². The first-order valence-electron chi connectivity index (χ1n) is 6.00. The molecule has 0 radical (unpaired) electrons. The number of carbonyl (C=O) groups excluding carboxylic acids is 1. The van der Waals surface area contributed by atoms with Crippen LogP contribution in [0.15, 0.2) is 5.70 Å². The molecule has 2 heterocycles. The van der Waals surface area contributed by atoms with Crippen molar-refractivity contribution < 1.29 is 4.79 Å². The Morgan fingerprint density at radius 3 is 2.60 bits per heavy atom. The van der Waals surface area contributed by atoms with Crippen molar-refractivity contribution in [2.75, 3.05) is 26.7 Å². The number of rotatable bonds is 1. The second kappa shape index (κ2) is 4.82. The number of likely N-dealkylation sites (tertiary alicyclic amines) is 2. The van der Waals surface area contributed by atoms with E-state index in [1.54, 1.807) is 0 Å². The SMILES string of the molecule is CN1CCC(N2CCCCC2)CC1=C=O. The van der Waals surface area contributed by atoms with Gasteiger partial charge in [-0.15, -0.1) is 0 Å². The molecule has 3 heteroatoms. The summed E-state index contributed by atoms with van der Waals surface area (Å²) in [5.41, 5.74) is 0.858. The van der Waals surface area contributed by atoms with Gasteiger partial charge in [0.1, 0.15) is 11.6 Å². The third-order valence-electron chi connectivity index (χ3n) is 3.71. The molecule has 0 aromatic heterocycles. The first kappa shape index (κ1) is 10.7. The van der Waals surface area contributed by atoms with Gasteiger partial charge in [-0.2, -0.15) is 0 Å². The smallest absolute Gasteiger partial charge is 0.145 e. The van der Waals surface area contributed by atoms with E-state index in [9.17, 15) is 4.79 Å². The van der Waals surface area contributed by atoms with Crippen LogP contribution in [0.3, 0.4) is 0 Å². The van der Waals surface area contributed by atoms with Crippen LogP contribution in [0.1, 0.15) is 32.1 Å². The topological polar surface area (TPSA) is 23.6 Å². The van der Waals surface area contributed by atoms with Crippen molar-refractivity contribution in [1.29, 1.82) is 0 Å². The van der Waals surface area contributed by atoms with Crippen molar-refractivity contribution in [2.24, 2.45) is 0 Å². The van der Waals surface area contributed by atoms with E-state index in [-0.39, 0.29) is 0 Å². The molecule has 1 atom stereocenters. The van der Waals surface area contributed by atoms with E-state index in [1.807, 2.05) is 11.9 Å². The van der Waals surface area contributed by atoms with Crippen LogP contribution in [0.2, 0.25) is 0 Å². The largest absolute Gasteiger partial charge is 0.369 e. The summed E-state index contributed by atoms with van der Waals surface area (Å²) in [6.07, 6.45) is 6.13. The molecule has 0 N–H and O–H groups in total. The molecule has 0 amide bonds. The molecule has 3 nitrogen and oxygen atoms in total. The predicted molar refractivity (Wildman–Crippen MR) is 60.3 cm³/mol. The fourth-order valence-corrected chi connectivity index (χ4v) is 2.67. The van der Waals surface area contributed by atoms with Gasteiger partial charge in [-0.1, -0.05) is 6.42 Å². The summed E-state index contributed by atoms with van der Waals surface area (Å²) in [4.78, 5) is 15.4. The van der Waals surface area contributed by atoms with Gasteiger partial charge in [-0.25, -0.2) is 4.79 Å². The maximum absolute atomic E-state index is 10.8. The maximum Gasteiger partial charge on any atom is 0.145 e. The summed E-state index contributed by atoms with van der Waals surface area (Å²) in [6.45, 7) is 3.45. The Kier molecular flexibility index (Phi) is 3.45. The lowest BCUT2D eigenvalue weighted by Gasteiger charge is -2.39. The molecule has 0 aromatic carbocycles. The zero-order valence-corrected chi connectivity index (χ0v) is 9.54. The first-order valence-corrected chi connectivity index (χ1v) is 6.00. The highest BCUT2D eigenvalue weighted by Gasteiger charge is 2.27. The van der Waals surface area contributed by atoms with E-state index in [2.05, 4.69) is 10.8 Å². The molecule has 0 aliphatic carbocycles. The van der Waals surface area contributed by atoms with E-state index in [4.69, 9.17) is 0 Å². The second-order valence-corrected chi connectivity index (χ2v) is 4.71. The molecule has 0 saturated carbocycles. The molecule has 0 bridgehead atoms. The fourth-order valence-electron chi connectivity index (χ4n) is 2.67. The van der Waals surface area contributed by atoms with Gasteiger partial charge in [-0.3, -0.25) is 4.90 Å². The van der Waals surface area contributed by atoms with Crippen LogP contribution in [0.25, 0.3) is 0 Å². The molecule has 2 rings (SSSR count). The summed E-state index contributed by atoms with van der Waals surface area (Å²) in [5, 5.41) is 0. The Balaban J connectivity index is 1.96. The molecule has 2 aliphatic heterocycles. The zero-order valence-electron chi connectivity index (χ0n) is 9.54. The van der Waals surface area contributed by atoms with Crippen molar-refractivity contribution in [3.63, 3.8) is 0 Å². The summed E-state index contributed by atoms with van der Waals surface area (Å²) in [6, 6.07) is 0.595. The van der Waals surface area contributed by atoms with E-state index in [1.165, 1.54) is 38.8 Å². The first-order chi connectivity index (χ1) is 7.31. The third-order valence-corrected chi connectivity index (χ3v) is 3.71. The van der Waals surface area contributed by atoms with Crippen molar-refractivity contribution >= 4 is 5.94 Å². The van der Waals surface area contributed by atoms with Crippen LogP contribution < -0.4 is 0 Å². The molecule has 2 aliphatic rings. The normalized spacial score (nSPS) is 29.0. The number of piperidine rings is 2. The monoisotopic (exact) mass is 208 g/mol. The second-order valence-electron chi connectivity index (χ2n) is 4.71. The Morgan fingerprint density at radius 2 is 1.93 bits per heavy atom. The zero-order chi connectivity index (χ0) is 10.7. The molecule has 0 aromatic rings. The molecule has 15 heavy (non-hydrogen) atoms. The molecule has 0 spiro atoms. The van der Waals surface area contributed by atoms with Crippen LogP contribution in [0.5, 0.6) is 0 Å². The minimum atomic E-state index is 0.595. The Labute approximate surface area is 91.7 Å². The molecular weight excluding hydrogens is 188 g/mol. The molecule has 84 valence electrons. The quantitative estimate of drug-likeness (QED) is 0.607. The summed E-state index contributed by atoms with van der Waals surface area (Å²) in [7, 11) is 1.99. The molecule has 2 fully saturated rings. The Bertz CT molecular complexity index is 265. The highest BCUT2D eigenvalue weighted by atomic mass is 16.1. The van der Waals surface area contributed by atoms with Gasteiger partial charge in [0, 0.05) is 26.1 Å². The van der Waals surface area contributed by atoms with Crippen LogP contribution in [0, 0.1) is 0 Å². The van der Waals surface area contributed by atoms with Crippen LogP contribution in [-0.2, 0) is 4.79 Å². The minimum absolute atomic E-state index is 0.595. The van der Waals surface area contributed by atoms with Gasteiger partial charge in [0.2, 0.25) is 0 Å². The van der Waals surface area contributed by atoms with E-state index < -0.39 is 0 Å². The van der Waals surface area contributed by atoms with Crippen molar-refractivity contribution in [3.05, 3.63) is 5.70 Å². The predicted octanol–water partition coefficient (Wildman–Crippen LogP) is 1.28. The van der Waals surface area contributed by atoms with Crippen molar-refractivity contribution in [1.82, 2.24) is 9.80 Å². The highest BCUT2D eigenvalue weighted by Crippen LogP contribution is 2.24. The van der Waals surface area contributed by atoms with Gasteiger partial charge in [0.15, 0.2) is 0 Å². The fraction of sp³-hybridized carbons (Fsp3) is 0.833. The maximum atomic E-state index is 10.8. The summed E-state index contributed by atoms with van der Waals surface area (Å²) in [5.74, 6) is 2.09. The average Bonchev–Trinajstić information content (AvgIpc) is 2.31. The van der Waals surface area contributed by atoms with Crippen LogP contribution >= 0.6 is 0 Å². The van der Waals surface area contributed by atoms with Crippen molar-refractivity contribution in [2.45, 2.75) is 38.1 Å². The van der Waals surface area contributed by atoms with Crippen LogP contribution in [-0.4, -0.2) is 48.5 Å². The van der Waals surface area contributed by atoms with E-state index in [0.717, 1.165) is 18.7 Å². The number of hydrogen-bond donors (Lipinski definition) is 0. The lowest BCUT2D eigenvalue weighted by Crippen LogP contribution is -2.45. The van der Waals surface area contributed by atoms with Gasteiger partial charge in [-0.05, 0) is 32.4 Å². The summed E-state index contributed by atoms with van der Waals surface area (Å²) < 4.78 is 0. The average molecular weight is 208 g/mol. The van der Waals surface area contributed by atoms with E-state index in [0.29, 0.717) is 6.04 Å². The van der Waals surface area contributed by atoms with Crippen LogP contribution in [0.4, 0.5) is 0 Å².